The fourth-order valence-corrected chi connectivity index (χ4v) is 3.89. The summed E-state index contributed by atoms with van der Waals surface area (Å²) in [5.74, 6) is 1.11. The van der Waals surface area contributed by atoms with Crippen LogP contribution in [0.25, 0.3) is 0 Å². The number of rotatable bonds is 4. The van der Waals surface area contributed by atoms with E-state index in [1.54, 1.807) is 0 Å². The molecular weight excluding hydrogens is 300 g/mol. The van der Waals surface area contributed by atoms with Crippen molar-refractivity contribution >= 4 is 11.8 Å². The van der Waals surface area contributed by atoms with E-state index in [-0.39, 0.29) is 11.8 Å². The lowest BCUT2D eigenvalue weighted by Gasteiger charge is -2.33. The molecule has 4 heteroatoms. The summed E-state index contributed by atoms with van der Waals surface area (Å²) >= 11 is 0. The summed E-state index contributed by atoms with van der Waals surface area (Å²) in [6, 6.07) is 8.14. The molecule has 1 aliphatic heterocycles. The van der Waals surface area contributed by atoms with Gasteiger partial charge in [-0.05, 0) is 55.7 Å². The number of amides is 2. The van der Waals surface area contributed by atoms with Gasteiger partial charge in [0.05, 0.1) is 0 Å². The second-order valence-corrected chi connectivity index (χ2v) is 7.45. The van der Waals surface area contributed by atoms with Gasteiger partial charge in [-0.25, -0.2) is 0 Å². The minimum Gasteiger partial charge on any atom is -0.339 e. The lowest BCUT2D eigenvalue weighted by molar-refractivity contribution is -0.128. The molecule has 1 aromatic carbocycles. The molecular formula is C20H28N2O2. The quantitative estimate of drug-likeness (QED) is 0.849. The summed E-state index contributed by atoms with van der Waals surface area (Å²) in [6.45, 7) is 3.74. The van der Waals surface area contributed by atoms with Gasteiger partial charge in [-0.1, -0.05) is 19.1 Å². The van der Waals surface area contributed by atoms with Gasteiger partial charge in [0.25, 0.3) is 5.91 Å². The van der Waals surface area contributed by atoms with Crippen molar-refractivity contribution in [2.24, 2.45) is 5.92 Å². The zero-order chi connectivity index (χ0) is 17.1. The van der Waals surface area contributed by atoms with E-state index in [1.807, 2.05) is 41.1 Å². The van der Waals surface area contributed by atoms with Crippen LogP contribution in [0.3, 0.4) is 0 Å². The number of hydrogen-bond donors (Lipinski definition) is 0. The van der Waals surface area contributed by atoms with Crippen LogP contribution in [0.4, 0.5) is 0 Å². The Kier molecular flexibility index (Phi) is 5.22. The van der Waals surface area contributed by atoms with Crippen LogP contribution in [0.1, 0.15) is 61.4 Å². The largest absolute Gasteiger partial charge is 0.339 e. The zero-order valence-corrected chi connectivity index (χ0v) is 14.8. The van der Waals surface area contributed by atoms with Gasteiger partial charge < -0.3 is 9.80 Å². The number of likely N-dealkylation sites (tertiary alicyclic amines) is 1. The molecule has 0 bridgehead atoms. The third-order valence-electron chi connectivity index (χ3n) is 5.57. The van der Waals surface area contributed by atoms with E-state index in [0.29, 0.717) is 19.0 Å². The molecule has 2 aliphatic rings. The monoisotopic (exact) mass is 328 g/mol. The fraction of sp³-hybridized carbons (Fsp3) is 0.600. The van der Waals surface area contributed by atoms with Crippen molar-refractivity contribution in [2.75, 3.05) is 13.6 Å². The summed E-state index contributed by atoms with van der Waals surface area (Å²) in [5, 5.41) is 0. The number of carbonyl (C=O) groups excluding carboxylic acids is 2. The molecule has 2 amide bonds. The van der Waals surface area contributed by atoms with Gasteiger partial charge in [-0.3, -0.25) is 9.59 Å². The van der Waals surface area contributed by atoms with Crippen molar-refractivity contribution in [3.05, 3.63) is 35.4 Å². The Morgan fingerprint density at radius 3 is 2.67 bits per heavy atom. The Morgan fingerprint density at radius 2 is 2.00 bits per heavy atom. The summed E-state index contributed by atoms with van der Waals surface area (Å²) in [6.07, 6.45) is 6.22. The highest BCUT2D eigenvalue weighted by Gasteiger charge is 2.26. The molecule has 0 radical (unpaired) electrons. The van der Waals surface area contributed by atoms with Crippen LogP contribution in [-0.4, -0.2) is 41.2 Å². The first-order valence-corrected chi connectivity index (χ1v) is 9.18. The smallest absolute Gasteiger partial charge is 0.253 e. The number of nitrogens with zero attached hydrogens (tertiary/aromatic N) is 2. The number of carbonyl (C=O) groups is 2. The van der Waals surface area contributed by atoms with E-state index in [9.17, 15) is 9.59 Å². The average Bonchev–Trinajstić information content (AvgIpc) is 2.99. The minimum atomic E-state index is 0.101. The SMILES string of the molecule is CC1CCC(N(C)C(=O)c2cccc(CN3CCCC3=O)c2)CC1. The van der Waals surface area contributed by atoms with Crippen LogP contribution < -0.4 is 0 Å². The second-order valence-electron chi connectivity index (χ2n) is 7.45. The molecule has 0 spiro atoms. The normalized spacial score (nSPS) is 24.2. The van der Waals surface area contributed by atoms with Crippen LogP contribution in [-0.2, 0) is 11.3 Å². The number of hydrogen-bond acceptors (Lipinski definition) is 2. The van der Waals surface area contributed by atoms with Crippen LogP contribution in [0.5, 0.6) is 0 Å². The summed E-state index contributed by atoms with van der Waals surface area (Å²) in [4.78, 5) is 28.4. The number of benzene rings is 1. The topological polar surface area (TPSA) is 40.6 Å². The van der Waals surface area contributed by atoms with Crippen LogP contribution in [0.2, 0.25) is 0 Å². The maximum atomic E-state index is 12.8. The molecule has 0 unspecified atom stereocenters. The third kappa shape index (κ3) is 3.80. The van der Waals surface area contributed by atoms with E-state index in [1.165, 1.54) is 12.8 Å². The average molecular weight is 328 g/mol. The van der Waals surface area contributed by atoms with Crippen molar-refractivity contribution in [2.45, 2.75) is 58.0 Å². The van der Waals surface area contributed by atoms with Gasteiger partial charge in [0.1, 0.15) is 0 Å². The maximum Gasteiger partial charge on any atom is 0.253 e. The highest BCUT2D eigenvalue weighted by molar-refractivity contribution is 5.94. The molecule has 2 fully saturated rings. The van der Waals surface area contributed by atoms with Crippen molar-refractivity contribution < 1.29 is 9.59 Å². The molecule has 1 aliphatic carbocycles. The van der Waals surface area contributed by atoms with Crippen LogP contribution in [0, 0.1) is 5.92 Å². The van der Waals surface area contributed by atoms with Crippen LogP contribution >= 0.6 is 0 Å². The maximum absolute atomic E-state index is 12.8. The van der Waals surface area contributed by atoms with E-state index < -0.39 is 0 Å². The van der Waals surface area contributed by atoms with Crippen molar-refractivity contribution in [1.29, 1.82) is 0 Å². The summed E-state index contributed by atoms with van der Waals surface area (Å²) in [5.41, 5.74) is 1.78. The lowest BCUT2D eigenvalue weighted by Crippen LogP contribution is -2.39. The molecule has 0 N–H and O–H groups in total. The first kappa shape index (κ1) is 17.0. The molecule has 3 rings (SSSR count). The zero-order valence-electron chi connectivity index (χ0n) is 14.8. The molecule has 1 aromatic rings. The molecule has 24 heavy (non-hydrogen) atoms. The highest BCUT2D eigenvalue weighted by atomic mass is 16.2. The molecule has 130 valence electrons. The van der Waals surface area contributed by atoms with Crippen molar-refractivity contribution in [3.8, 4) is 0 Å². The molecule has 1 saturated carbocycles. The van der Waals surface area contributed by atoms with Gasteiger partial charge in [0, 0.05) is 38.2 Å². The van der Waals surface area contributed by atoms with E-state index in [4.69, 9.17) is 0 Å². The van der Waals surface area contributed by atoms with E-state index in [0.717, 1.165) is 42.9 Å². The highest BCUT2D eigenvalue weighted by Crippen LogP contribution is 2.27. The van der Waals surface area contributed by atoms with Gasteiger partial charge >= 0.3 is 0 Å². The first-order valence-electron chi connectivity index (χ1n) is 9.18. The first-order chi connectivity index (χ1) is 11.5. The van der Waals surface area contributed by atoms with E-state index in [2.05, 4.69) is 6.92 Å². The van der Waals surface area contributed by atoms with Gasteiger partial charge in [-0.15, -0.1) is 0 Å². The Bertz CT molecular complexity index is 605. The molecule has 1 heterocycles. The lowest BCUT2D eigenvalue weighted by atomic mass is 9.86. The van der Waals surface area contributed by atoms with Crippen molar-refractivity contribution in [1.82, 2.24) is 9.80 Å². The van der Waals surface area contributed by atoms with Gasteiger partial charge in [0.15, 0.2) is 0 Å². The third-order valence-corrected chi connectivity index (χ3v) is 5.57. The van der Waals surface area contributed by atoms with Gasteiger partial charge in [-0.2, -0.15) is 0 Å². The summed E-state index contributed by atoms with van der Waals surface area (Å²) in [7, 11) is 1.93. The Balaban J connectivity index is 1.66. The van der Waals surface area contributed by atoms with Gasteiger partial charge in [0.2, 0.25) is 5.91 Å². The van der Waals surface area contributed by atoms with Crippen LogP contribution in [0.15, 0.2) is 24.3 Å². The standard InChI is InChI=1S/C20H28N2O2/c1-15-8-10-18(11-9-15)21(2)20(24)17-6-3-5-16(13-17)14-22-12-4-7-19(22)23/h3,5-6,13,15,18H,4,7-12,14H2,1-2H3. The molecule has 0 atom stereocenters. The fourth-order valence-electron chi connectivity index (χ4n) is 3.89. The summed E-state index contributed by atoms with van der Waals surface area (Å²) < 4.78 is 0. The second kappa shape index (κ2) is 7.37. The predicted octanol–water partition coefficient (Wildman–Crippen LogP) is 3.46. The molecule has 4 nitrogen and oxygen atoms in total. The Morgan fingerprint density at radius 1 is 1.25 bits per heavy atom. The Labute approximate surface area is 144 Å². The molecule has 0 aromatic heterocycles. The predicted molar refractivity (Wildman–Crippen MR) is 94.6 cm³/mol. The molecule has 1 saturated heterocycles. The Hall–Kier alpha value is -1.84. The van der Waals surface area contributed by atoms with E-state index >= 15 is 0 Å². The van der Waals surface area contributed by atoms with Crippen molar-refractivity contribution in [3.63, 3.8) is 0 Å². The minimum absolute atomic E-state index is 0.101.